The Morgan fingerprint density at radius 2 is 1.04 bits per heavy atom. The topological polar surface area (TPSA) is 48.0 Å². The van der Waals surface area contributed by atoms with Crippen molar-refractivity contribution in [2.45, 2.75) is 0 Å². The van der Waals surface area contributed by atoms with E-state index in [9.17, 15) is 0 Å². The predicted molar refractivity (Wildman–Crippen MR) is 197 cm³/mol. The molecule has 11 rings (SSSR count). The van der Waals surface area contributed by atoms with E-state index in [2.05, 4.69) is 118 Å². The number of fused-ring (bicyclic) bond motifs is 7. The summed E-state index contributed by atoms with van der Waals surface area (Å²) >= 11 is 0. The quantitative estimate of drug-likeness (QED) is 0.200. The first-order valence-electron chi connectivity index (χ1n) is 16.2. The van der Waals surface area contributed by atoms with Gasteiger partial charge in [-0.15, -0.1) is 0 Å². The molecule has 222 valence electrons. The Kier molecular flexibility index (Phi) is 5.05. The molecule has 0 radical (unpaired) electrons. The molecule has 0 aliphatic rings. The molecule has 11 aromatic rings. The standard InChI is InChI=1S/C43H25N5/c1-2-12-26(13-3-1)41-31-16-4-7-18-32(31)45-43(46-41)33-19-11-23-38(44-33)47-36-22-10-17-29-27-14-5-8-20-34(27)48-35-21-9-6-15-28(35)30-24-25-37(47)40(39(29)36)42(30)48/h1-25H. The van der Waals surface area contributed by atoms with E-state index < -0.39 is 0 Å². The van der Waals surface area contributed by atoms with Crippen LogP contribution in [0.1, 0.15) is 0 Å². The van der Waals surface area contributed by atoms with Crippen molar-refractivity contribution in [1.29, 1.82) is 0 Å². The van der Waals surface area contributed by atoms with Gasteiger partial charge in [0.1, 0.15) is 11.5 Å². The van der Waals surface area contributed by atoms with E-state index in [0.29, 0.717) is 5.82 Å². The SMILES string of the molecule is c1ccc(-c2nc(-c3cccc(-n4c5cccc6c7ccccc7n7c8ccccc8c8ccc4c(c65)c87)n3)nc3ccccc23)cc1. The maximum atomic E-state index is 5.30. The van der Waals surface area contributed by atoms with Crippen molar-refractivity contribution in [1.82, 2.24) is 23.9 Å². The van der Waals surface area contributed by atoms with Crippen molar-refractivity contribution < 1.29 is 0 Å². The third kappa shape index (κ3) is 3.37. The van der Waals surface area contributed by atoms with Gasteiger partial charge in [0.25, 0.3) is 0 Å². The molecule has 0 fully saturated rings. The average Bonchev–Trinajstić information content (AvgIpc) is 3.63. The van der Waals surface area contributed by atoms with E-state index >= 15 is 0 Å². The second-order valence-electron chi connectivity index (χ2n) is 12.4. The summed E-state index contributed by atoms with van der Waals surface area (Å²) in [6, 6.07) is 53.4. The number of hydrogen-bond acceptors (Lipinski definition) is 3. The highest BCUT2D eigenvalue weighted by atomic mass is 15.1. The van der Waals surface area contributed by atoms with Crippen LogP contribution in [0.5, 0.6) is 0 Å². The summed E-state index contributed by atoms with van der Waals surface area (Å²) in [5.74, 6) is 1.44. The van der Waals surface area contributed by atoms with Gasteiger partial charge in [-0.05, 0) is 47.9 Å². The Morgan fingerprint density at radius 3 is 1.88 bits per heavy atom. The van der Waals surface area contributed by atoms with Crippen LogP contribution in [0.4, 0.5) is 0 Å². The molecule has 0 saturated carbocycles. The van der Waals surface area contributed by atoms with Crippen molar-refractivity contribution in [3.8, 4) is 28.6 Å². The fourth-order valence-corrected chi connectivity index (χ4v) is 7.90. The zero-order valence-electron chi connectivity index (χ0n) is 25.7. The lowest BCUT2D eigenvalue weighted by atomic mass is 10.0. The third-order valence-corrected chi connectivity index (χ3v) is 9.87. The molecular weight excluding hydrogens is 587 g/mol. The number of aromatic nitrogens is 5. The van der Waals surface area contributed by atoms with Crippen LogP contribution in [0.25, 0.3) is 99.4 Å². The highest BCUT2D eigenvalue weighted by molar-refractivity contribution is 6.33. The number of pyridine rings is 1. The first-order valence-corrected chi connectivity index (χ1v) is 16.2. The molecular formula is C43H25N5. The minimum atomic E-state index is 0.605. The van der Waals surface area contributed by atoms with E-state index in [4.69, 9.17) is 15.0 Å². The van der Waals surface area contributed by atoms with Crippen molar-refractivity contribution in [3.63, 3.8) is 0 Å². The smallest absolute Gasteiger partial charge is 0.179 e. The maximum Gasteiger partial charge on any atom is 0.179 e. The van der Waals surface area contributed by atoms with Crippen LogP contribution >= 0.6 is 0 Å². The summed E-state index contributed by atoms with van der Waals surface area (Å²) in [5.41, 5.74) is 9.47. The molecule has 5 heterocycles. The lowest BCUT2D eigenvalue weighted by Gasteiger charge is -2.11. The van der Waals surface area contributed by atoms with Gasteiger partial charge in [-0.3, -0.25) is 4.57 Å². The summed E-state index contributed by atoms with van der Waals surface area (Å²) < 4.78 is 4.77. The van der Waals surface area contributed by atoms with Crippen LogP contribution in [0, 0.1) is 0 Å². The molecule has 0 atom stereocenters. The Bertz CT molecular complexity index is 3060. The van der Waals surface area contributed by atoms with E-state index in [-0.39, 0.29) is 0 Å². The van der Waals surface area contributed by atoms with E-state index in [1.807, 2.05) is 42.5 Å². The Labute approximate surface area is 274 Å². The van der Waals surface area contributed by atoms with Gasteiger partial charge < -0.3 is 4.40 Å². The van der Waals surface area contributed by atoms with Crippen molar-refractivity contribution in [3.05, 3.63) is 152 Å². The van der Waals surface area contributed by atoms with Crippen LogP contribution in [0.15, 0.2) is 152 Å². The lowest BCUT2D eigenvalue weighted by molar-refractivity contribution is 1.07. The Hall–Kier alpha value is -6.59. The minimum absolute atomic E-state index is 0.605. The van der Waals surface area contributed by atoms with Gasteiger partial charge >= 0.3 is 0 Å². The molecule has 48 heavy (non-hydrogen) atoms. The molecule has 5 nitrogen and oxygen atoms in total. The minimum Gasteiger partial charge on any atom is -0.308 e. The molecule has 5 heteroatoms. The van der Waals surface area contributed by atoms with Gasteiger partial charge in [0.15, 0.2) is 5.82 Å². The number of hydrogen-bond donors (Lipinski definition) is 0. The van der Waals surface area contributed by atoms with Gasteiger partial charge in [0, 0.05) is 37.9 Å². The summed E-state index contributed by atoms with van der Waals surface area (Å²) in [6.45, 7) is 0. The van der Waals surface area contributed by atoms with E-state index in [1.54, 1.807) is 0 Å². The number of rotatable bonds is 3. The number of para-hydroxylation sites is 3. The van der Waals surface area contributed by atoms with Crippen molar-refractivity contribution in [2.75, 3.05) is 0 Å². The first-order chi connectivity index (χ1) is 23.8. The van der Waals surface area contributed by atoms with Gasteiger partial charge in [0.05, 0.1) is 38.8 Å². The van der Waals surface area contributed by atoms with E-state index in [1.165, 1.54) is 48.9 Å². The zero-order chi connectivity index (χ0) is 31.3. The molecule has 0 aliphatic carbocycles. The van der Waals surface area contributed by atoms with Crippen LogP contribution in [-0.2, 0) is 0 Å². The fraction of sp³-hybridized carbons (Fsp3) is 0. The molecule has 0 amide bonds. The number of benzene rings is 6. The normalized spacial score (nSPS) is 12.2. The molecule has 0 saturated heterocycles. The van der Waals surface area contributed by atoms with Crippen LogP contribution in [0.3, 0.4) is 0 Å². The molecule has 0 bridgehead atoms. The van der Waals surface area contributed by atoms with Gasteiger partial charge in [-0.25, -0.2) is 15.0 Å². The van der Waals surface area contributed by atoms with Crippen LogP contribution in [-0.4, -0.2) is 23.9 Å². The van der Waals surface area contributed by atoms with Gasteiger partial charge in [0.2, 0.25) is 0 Å². The lowest BCUT2D eigenvalue weighted by Crippen LogP contribution is -2.01. The molecule has 6 aromatic carbocycles. The summed E-state index contributed by atoms with van der Waals surface area (Å²) in [6.07, 6.45) is 0. The highest BCUT2D eigenvalue weighted by Gasteiger charge is 2.23. The molecule has 0 unspecified atom stereocenters. The van der Waals surface area contributed by atoms with Crippen LogP contribution in [0.2, 0.25) is 0 Å². The average molecular weight is 612 g/mol. The number of nitrogens with zero attached hydrogens (tertiary/aromatic N) is 5. The highest BCUT2D eigenvalue weighted by Crippen LogP contribution is 2.45. The molecule has 0 aliphatic heterocycles. The van der Waals surface area contributed by atoms with Gasteiger partial charge in [-0.1, -0.05) is 109 Å². The summed E-state index contributed by atoms with van der Waals surface area (Å²) in [4.78, 5) is 15.4. The Balaban J connectivity index is 1.24. The second kappa shape index (κ2) is 9.47. The van der Waals surface area contributed by atoms with Gasteiger partial charge in [-0.2, -0.15) is 0 Å². The molecule has 5 aromatic heterocycles. The van der Waals surface area contributed by atoms with Crippen molar-refractivity contribution in [2.24, 2.45) is 0 Å². The van der Waals surface area contributed by atoms with Crippen LogP contribution < -0.4 is 0 Å². The molecule has 0 N–H and O–H groups in total. The maximum absolute atomic E-state index is 5.30. The monoisotopic (exact) mass is 611 g/mol. The Morgan fingerprint density at radius 1 is 0.396 bits per heavy atom. The third-order valence-electron chi connectivity index (χ3n) is 9.87. The first kappa shape index (κ1) is 25.6. The molecule has 0 spiro atoms. The predicted octanol–water partition coefficient (Wildman–Crippen LogP) is 10.6. The largest absolute Gasteiger partial charge is 0.308 e. The fourth-order valence-electron chi connectivity index (χ4n) is 7.90. The summed E-state index contributed by atoms with van der Waals surface area (Å²) in [5, 5.41) is 8.47. The van der Waals surface area contributed by atoms with Crippen molar-refractivity contribution >= 4 is 70.8 Å². The zero-order valence-corrected chi connectivity index (χ0v) is 25.7. The second-order valence-corrected chi connectivity index (χ2v) is 12.4. The summed E-state index contributed by atoms with van der Waals surface area (Å²) in [7, 11) is 0. The van der Waals surface area contributed by atoms with E-state index in [0.717, 1.165) is 44.7 Å².